The zero-order valence-corrected chi connectivity index (χ0v) is 16.9. The Labute approximate surface area is 168 Å². The fraction of sp³-hybridized carbons (Fsp3) is 0.565. The summed E-state index contributed by atoms with van der Waals surface area (Å²) in [7, 11) is 0. The number of imidazole rings is 1. The Morgan fingerprint density at radius 2 is 1.96 bits per heavy atom. The molecule has 5 nitrogen and oxygen atoms in total. The molecule has 1 aromatic heterocycles. The molecule has 1 unspecified atom stereocenters. The fourth-order valence-corrected chi connectivity index (χ4v) is 4.60. The van der Waals surface area contributed by atoms with Gasteiger partial charge < -0.3 is 9.88 Å². The Balaban J connectivity index is 1.24. The average Bonchev–Trinajstić information content (AvgIpc) is 3.16. The van der Waals surface area contributed by atoms with Crippen molar-refractivity contribution in [3.8, 4) is 0 Å². The maximum Gasteiger partial charge on any atom is 0.237 e. The van der Waals surface area contributed by atoms with Crippen molar-refractivity contribution < 1.29 is 4.79 Å². The van der Waals surface area contributed by atoms with E-state index in [9.17, 15) is 4.79 Å². The minimum absolute atomic E-state index is 0.0681. The molecule has 0 radical (unpaired) electrons. The topological polar surface area (TPSA) is 50.2 Å². The number of aryl methyl sites for hydroxylation is 1. The molecule has 1 amide bonds. The van der Waals surface area contributed by atoms with E-state index in [0.717, 1.165) is 44.1 Å². The first kappa shape index (κ1) is 19.2. The number of hydrogen-bond acceptors (Lipinski definition) is 3. The summed E-state index contributed by atoms with van der Waals surface area (Å²) in [6.45, 7) is 5.67. The summed E-state index contributed by atoms with van der Waals surface area (Å²) in [5, 5.41) is 3.14. The van der Waals surface area contributed by atoms with Gasteiger partial charge in [-0.05, 0) is 63.6 Å². The largest absolute Gasteiger partial charge is 0.349 e. The van der Waals surface area contributed by atoms with Crippen molar-refractivity contribution in [3.05, 3.63) is 53.6 Å². The molecule has 1 N–H and O–H groups in total. The van der Waals surface area contributed by atoms with Gasteiger partial charge in [0.2, 0.25) is 5.91 Å². The molecule has 2 aliphatic rings. The summed E-state index contributed by atoms with van der Waals surface area (Å²) in [5.74, 6) is 2.03. The van der Waals surface area contributed by atoms with E-state index in [4.69, 9.17) is 0 Å². The zero-order valence-electron chi connectivity index (χ0n) is 16.9. The SMILES string of the molecule is CC(C(=O)NCc1cnc2n1CCCC2)N1CCC(Cc2ccccc2)CC1. The molecule has 0 aliphatic carbocycles. The minimum Gasteiger partial charge on any atom is -0.349 e. The van der Waals surface area contributed by atoms with Crippen LogP contribution in [0.2, 0.25) is 0 Å². The van der Waals surface area contributed by atoms with Crippen LogP contribution in [-0.4, -0.2) is 39.5 Å². The van der Waals surface area contributed by atoms with Crippen LogP contribution in [0.5, 0.6) is 0 Å². The second-order valence-corrected chi connectivity index (χ2v) is 8.34. The van der Waals surface area contributed by atoms with Crippen LogP contribution in [0, 0.1) is 5.92 Å². The molecule has 150 valence electrons. The zero-order chi connectivity index (χ0) is 19.3. The number of piperidine rings is 1. The molecule has 4 rings (SSSR count). The molecule has 1 aromatic carbocycles. The molecule has 0 bridgehead atoms. The third-order valence-corrected chi connectivity index (χ3v) is 6.44. The number of rotatable bonds is 6. The van der Waals surface area contributed by atoms with Gasteiger partial charge >= 0.3 is 0 Å². The molecule has 28 heavy (non-hydrogen) atoms. The number of nitrogens with one attached hydrogen (secondary N) is 1. The smallest absolute Gasteiger partial charge is 0.237 e. The molecule has 0 saturated carbocycles. The lowest BCUT2D eigenvalue weighted by Crippen LogP contribution is -2.48. The van der Waals surface area contributed by atoms with Gasteiger partial charge in [-0.25, -0.2) is 4.98 Å². The Hall–Kier alpha value is -2.14. The van der Waals surface area contributed by atoms with E-state index in [0.29, 0.717) is 6.54 Å². The van der Waals surface area contributed by atoms with Gasteiger partial charge in [0, 0.05) is 13.0 Å². The second kappa shape index (κ2) is 8.91. The first-order valence-corrected chi connectivity index (χ1v) is 10.8. The van der Waals surface area contributed by atoms with Crippen LogP contribution in [0.3, 0.4) is 0 Å². The monoisotopic (exact) mass is 380 g/mol. The Morgan fingerprint density at radius 1 is 1.18 bits per heavy atom. The van der Waals surface area contributed by atoms with Crippen molar-refractivity contribution in [2.24, 2.45) is 5.92 Å². The molecule has 5 heteroatoms. The summed E-state index contributed by atoms with van der Waals surface area (Å²) < 4.78 is 2.28. The van der Waals surface area contributed by atoms with Gasteiger partial charge in [-0.1, -0.05) is 30.3 Å². The molecule has 1 fully saturated rings. The molecule has 1 saturated heterocycles. The van der Waals surface area contributed by atoms with Crippen LogP contribution < -0.4 is 5.32 Å². The Bertz CT molecular complexity index is 777. The number of carbonyl (C=O) groups excluding carboxylic acids is 1. The van der Waals surface area contributed by atoms with Crippen molar-refractivity contribution in [1.82, 2.24) is 19.8 Å². The van der Waals surface area contributed by atoms with E-state index in [2.05, 4.69) is 50.1 Å². The standard InChI is InChI=1S/C23H32N4O/c1-18(23(28)25-17-21-16-24-22-9-5-6-12-27(21)22)26-13-10-20(11-14-26)15-19-7-3-2-4-8-19/h2-4,7-8,16,18,20H,5-6,9-15,17H2,1H3,(H,25,28). The Kier molecular flexibility index (Phi) is 6.10. The molecular weight excluding hydrogens is 348 g/mol. The number of fused-ring (bicyclic) bond motifs is 1. The normalized spacial score (nSPS) is 19.2. The second-order valence-electron chi connectivity index (χ2n) is 8.34. The van der Waals surface area contributed by atoms with Gasteiger partial charge in [-0.3, -0.25) is 9.69 Å². The number of likely N-dealkylation sites (tertiary alicyclic amines) is 1. The van der Waals surface area contributed by atoms with E-state index in [1.165, 1.54) is 37.1 Å². The number of hydrogen-bond donors (Lipinski definition) is 1. The summed E-state index contributed by atoms with van der Waals surface area (Å²) >= 11 is 0. The lowest BCUT2D eigenvalue weighted by Gasteiger charge is -2.35. The predicted molar refractivity (Wildman–Crippen MR) is 111 cm³/mol. The molecular formula is C23H32N4O. The van der Waals surface area contributed by atoms with Gasteiger partial charge in [0.15, 0.2) is 0 Å². The molecule has 2 aromatic rings. The number of amides is 1. The van der Waals surface area contributed by atoms with Crippen LogP contribution in [0.4, 0.5) is 0 Å². The van der Waals surface area contributed by atoms with Crippen molar-refractivity contribution in [3.63, 3.8) is 0 Å². The molecule has 1 atom stereocenters. The highest BCUT2D eigenvalue weighted by Gasteiger charge is 2.27. The summed E-state index contributed by atoms with van der Waals surface area (Å²) in [4.78, 5) is 19.5. The van der Waals surface area contributed by atoms with Gasteiger partial charge in [-0.2, -0.15) is 0 Å². The number of aromatic nitrogens is 2. The summed E-state index contributed by atoms with van der Waals surface area (Å²) in [5.41, 5.74) is 2.56. The predicted octanol–water partition coefficient (Wildman–Crippen LogP) is 3.18. The lowest BCUT2D eigenvalue weighted by atomic mass is 9.89. The van der Waals surface area contributed by atoms with E-state index in [-0.39, 0.29) is 11.9 Å². The van der Waals surface area contributed by atoms with Gasteiger partial charge in [-0.15, -0.1) is 0 Å². The van der Waals surface area contributed by atoms with Gasteiger partial charge in [0.05, 0.1) is 24.5 Å². The number of nitrogens with zero attached hydrogens (tertiary/aromatic N) is 3. The fourth-order valence-electron chi connectivity index (χ4n) is 4.60. The third-order valence-electron chi connectivity index (χ3n) is 6.44. The van der Waals surface area contributed by atoms with Crippen LogP contribution >= 0.6 is 0 Å². The van der Waals surface area contributed by atoms with E-state index in [1.54, 1.807) is 0 Å². The maximum atomic E-state index is 12.7. The highest BCUT2D eigenvalue weighted by atomic mass is 16.2. The van der Waals surface area contributed by atoms with E-state index < -0.39 is 0 Å². The molecule has 2 aliphatic heterocycles. The first-order valence-electron chi connectivity index (χ1n) is 10.8. The third kappa shape index (κ3) is 4.46. The first-order chi connectivity index (χ1) is 13.7. The Morgan fingerprint density at radius 3 is 2.75 bits per heavy atom. The summed E-state index contributed by atoms with van der Waals surface area (Å²) in [6, 6.07) is 10.7. The van der Waals surface area contributed by atoms with Crippen LogP contribution in [0.1, 0.15) is 49.7 Å². The van der Waals surface area contributed by atoms with E-state index >= 15 is 0 Å². The maximum absolute atomic E-state index is 12.7. The van der Waals surface area contributed by atoms with Crippen LogP contribution in [-0.2, 0) is 30.7 Å². The van der Waals surface area contributed by atoms with Crippen molar-refractivity contribution in [2.45, 2.75) is 64.6 Å². The van der Waals surface area contributed by atoms with Crippen LogP contribution in [0.15, 0.2) is 36.5 Å². The highest BCUT2D eigenvalue weighted by molar-refractivity contribution is 5.81. The van der Waals surface area contributed by atoms with Crippen molar-refractivity contribution >= 4 is 5.91 Å². The minimum atomic E-state index is -0.0681. The molecule has 3 heterocycles. The van der Waals surface area contributed by atoms with Crippen LogP contribution in [0.25, 0.3) is 0 Å². The van der Waals surface area contributed by atoms with Gasteiger partial charge in [0.1, 0.15) is 5.82 Å². The average molecular weight is 381 g/mol. The van der Waals surface area contributed by atoms with Crippen molar-refractivity contribution in [1.29, 1.82) is 0 Å². The number of carbonyl (C=O) groups is 1. The molecule has 0 spiro atoms. The van der Waals surface area contributed by atoms with Gasteiger partial charge in [0.25, 0.3) is 0 Å². The summed E-state index contributed by atoms with van der Waals surface area (Å²) in [6.07, 6.45) is 8.91. The highest BCUT2D eigenvalue weighted by Crippen LogP contribution is 2.23. The van der Waals surface area contributed by atoms with Crippen molar-refractivity contribution in [2.75, 3.05) is 13.1 Å². The number of benzene rings is 1. The quantitative estimate of drug-likeness (QED) is 0.837. The van der Waals surface area contributed by atoms with E-state index in [1.807, 2.05) is 13.1 Å². The lowest BCUT2D eigenvalue weighted by molar-refractivity contribution is -0.126.